The number of amides is 4. The maximum atomic E-state index is 13.3. The number of nitrogens with one attached hydrogen (secondary N) is 1. The molecule has 3 rings (SSSR count). The summed E-state index contributed by atoms with van der Waals surface area (Å²) in [5.41, 5.74) is -3.80. The van der Waals surface area contributed by atoms with Crippen molar-refractivity contribution in [3.8, 4) is 0 Å². The largest absolute Gasteiger partial charge is 0.468 e. The Morgan fingerprint density at radius 1 is 0.974 bits per heavy atom. The van der Waals surface area contributed by atoms with Gasteiger partial charge >= 0.3 is 30.4 Å². The molecule has 1 aliphatic rings. The fourth-order valence-corrected chi connectivity index (χ4v) is 3.91. The van der Waals surface area contributed by atoms with E-state index in [4.69, 9.17) is 0 Å². The second-order valence-electron chi connectivity index (χ2n) is 8.74. The van der Waals surface area contributed by atoms with Crippen LogP contribution in [0.1, 0.15) is 25.0 Å². The molecule has 15 heteroatoms. The Labute approximate surface area is 212 Å². The Kier molecular flexibility index (Phi) is 7.55. The van der Waals surface area contributed by atoms with Gasteiger partial charge in [-0.15, -0.1) is 0 Å². The number of hydroxylamine groups is 2. The lowest BCUT2D eigenvalue weighted by atomic mass is 9.99. The van der Waals surface area contributed by atoms with Crippen LogP contribution in [0.5, 0.6) is 0 Å². The lowest BCUT2D eigenvalue weighted by Gasteiger charge is -2.38. The number of anilines is 2. The molecular weight excluding hydrogens is 526 g/mol. The van der Waals surface area contributed by atoms with Gasteiger partial charge in [0.2, 0.25) is 0 Å². The third-order valence-electron chi connectivity index (χ3n) is 5.90. The lowest BCUT2D eigenvalue weighted by molar-refractivity contribution is -0.143. The Morgan fingerprint density at radius 3 is 1.89 bits per heavy atom. The summed E-state index contributed by atoms with van der Waals surface area (Å²) >= 11 is 0. The van der Waals surface area contributed by atoms with E-state index in [1.54, 1.807) is 0 Å². The standard InChI is InChI=1S/C23H22F6N4O5/c1-21(2)18(33(37)19(35)30-15-8-4-13(5-9-15)22(24,25)26)32(20(36)31(21)12-17(34)38-3)16-10-6-14(7-11-16)23(27,28)29/h4-11,18,37H,12H2,1-3H3,(H,30,35). The first-order valence-corrected chi connectivity index (χ1v) is 10.8. The first-order chi connectivity index (χ1) is 17.5. The number of methoxy groups -OCH3 is 1. The predicted molar refractivity (Wildman–Crippen MR) is 120 cm³/mol. The van der Waals surface area contributed by atoms with E-state index < -0.39 is 59.8 Å². The van der Waals surface area contributed by atoms with Crippen molar-refractivity contribution >= 4 is 29.4 Å². The summed E-state index contributed by atoms with van der Waals surface area (Å²) in [7, 11) is 1.07. The van der Waals surface area contributed by atoms with Crippen molar-refractivity contribution in [3.05, 3.63) is 59.7 Å². The molecule has 2 N–H and O–H groups in total. The van der Waals surface area contributed by atoms with Gasteiger partial charge < -0.3 is 15.0 Å². The number of nitrogens with zero attached hydrogens (tertiary/aromatic N) is 3. The summed E-state index contributed by atoms with van der Waals surface area (Å²) in [6.45, 7) is 2.15. The van der Waals surface area contributed by atoms with Gasteiger partial charge in [-0.05, 0) is 62.4 Å². The molecule has 0 radical (unpaired) electrons. The van der Waals surface area contributed by atoms with Gasteiger partial charge in [0.05, 0.1) is 23.8 Å². The van der Waals surface area contributed by atoms with Crippen LogP contribution in [0.2, 0.25) is 0 Å². The second-order valence-corrected chi connectivity index (χ2v) is 8.74. The monoisotopic (exact) mass is 548 g/mol. The third kappa shape index (κ3) is 5.61. The zero-order valence-corrected chi connectivity index (χ0v) is 20.1. The third-order valence-corrected chi connectivity index (χ3v) is 5.90. The molecule has 1 fully saturated rings. The normalized spacial score (nSPS) is 17.4. The number of esters is 1. The molecule has 2 aromatic carbocycles. The smallest absolute Gasteiger partial charge is 0.416 e. The van der Waals surface area contributed by atoms with Gasteiger partial charge in [-0.3, -0.25) is 14.9 Å². The topological polar surface area (TPSA) is 102 Å². The molecule has 1 saturated heterocycles. The summed E-state index contributed by atoms with van der Waals surface area (Å²) in [4.78, 5) is 39.9. The molecule has 0 bridgehead atoms. The van der Waals surface area contributed by atoms with Crippen LogP contribution < -0.4 is 10.2 Å². The van der Waals surface area contributed by atoms with Crippen molar-refractivity contribution in [1.82, 2.24) is 9.96 Å². The molecular formula is C23H22F6N4O5. The summed E-state index contributed by atoms with van der Waals surface area (Å²) in [6, 6.07) is 4.37. The molecule has 1 aliphatic heterocycles. The van der Waals surface area contributed by atoms with E-state index in [0.717, 1.165) is 41.2 Å². The number of hydrogen-bond acceptors (Lipinski definition) is 5. The Morgan fingerprint density at radius 2 is 1.45 bits per heavy atom. The van der Waals surface area contributed by atoms with Gasteiger partial charge in [-0.1, -0.05) is 0 Å². The number of ether oxygens (including phenoxy) is 1. The first-order valence-electron chi connectivity index (χ1n) is 10.8. The molecule has 0 aliphatic carbocycles. The number of rotatable bonds is 5. The van der Waals surface area contributed by atoms with Crippen LogP contribution in [0.25, 0.3) is 0 Å². The zero-order chi connectivity index (χ0) is 28.6. The molecule has 0 aromatic heterocycles. The molecule has 1 heterocycles. The van der Waals surface area contributed by atoms with Crippen molar-refractivity contribution in [3.63, 3.8) is 0 Å². The van der Waals surface area contributed by atoms with Crippen molar-refractivity contribution in [2.45, 2.75) is 37.9 Å². The number of benzene rings is 2. The van der Waals surface area contributed by atoms with Crippen molar-refractivity contribution in [2.75, 3.05) is 23.9 Å². The molecule has 38 heavy (non-hydrogen) atoms. The minimum atomic E-state index is -4.67. The molecule has 206 valence electrons. The van der Waals surface area contributed by atoms with E-state index in [-0.39, 0.29) is 16.4 Å². The molecule has 2 aromatic rings. The first kappa shape index (κ1) is 28.6. The molecule has 1 atom stereocenters. The van der Waals surface area contributed by atoms with Crippen LogP contribution in [0.15, 0.2) is 48.5 Å². The van der Waals surface area contributed by atoms with Crippen molar-refractivity contribution in [2.24, 2.45) is 0 Å². The minimum Gasteiger partial charge on any atom is -0.468 e. The SMILES string of the molecule is COC(=O)CN1C(=O)N(c2ccc(C(F)(F)F)cc2)C(N(O)C(=O)Nc2ccc(C(F)(F)F)cc2)C1(C)C. The molecule has 0 saturated carbocycles. The van der Waals surface area contributed by atoms with Crippen LogP contribution in [0.4, 0.5) is 47.3 Å². The highest BCUT2D eigenvalue weighted by molar-refractivity contribution is 5.99. The number of urea groups is 2. The fraction of sp³-hybridized carbons (Fsp3) is 0.348. The van der Waals surface area contributed by atoms with E-state index in [1.807, 2.05) is 0 Å². The van der Waals surface area contributed by atoms with E-state index in [2.05, 4.69) is 10.1 Å². The number of carbonyl (C=O) groups is 3. The van der Waals surface area contributed by atoms with Crippen LogP contribution >= 0.6 is 0 Å². The second kappa shape index (κ2) is 10.0. The zero-order valence-electron chi connectivity index (χ0n) is 20.1. The Balaban J connectivity index is 1.97. The number of carbonyl (C=O) groups excluding carboxylic acids is 3. The van der Waals surface area contributed by atoms with E-state index >= 15 is 0 Å². The van der Waals surface area contributed by atoms with Crippen LogP contribution in [0.3, 0.4) is 0 Å². The fourth-order valence-electron chi connectivity index (χ4n) is 3.91. The van der Waals surface area contributed by atoms with E-state index in [0.29, 0.717) is 24.3 Å². The predicted octanol–water partition coefficient (Wildman–Crippen LogP) is 5.17. The van der Waals surface area contributed by atoms with Gasteiger partial charge in [-0.2, -0.15) is 31.4 Å². The van der Waals surface area contributed by atoms with Crippen molar-refractivity contribution in [1.29, 1.82) is 0 Å². The number of halogens is 6. The lowest BCUT2D eigenvalue weighted by Crippen LogP contribution is -2.58. The summed E-state index contributed by atoms with van der Waals surface area (Å²) in [5.74, 6) is -0.849. The highest BCUT2D eigenvalue weighted by atomic mass is 19.4. The Bertz CT molecular complexity index is 1200. The van der Waals surface area contributed by atoms with Gasteiger partial charge in [0, 0.05) is 11.4 Å². The average Bonchev–Trinajstić information content (AvgIpc) is 3.02. The quantitative estimate of drug-likeness (QED) is 0.233. The van der Waals surface area contributed by atoms with Crippen LogP contribution in [-0.2, 0) is 21.9 Å². The van der Waals surface area contributed by atoms with E-state index in [9.17, 15) is 45.9 Å². The molecule has 4 amide bonds. The highest BCUT2D eigenvalue weighted by Crippen LogP contribution is 2.39. The number of alkyl halides is 6. The maximum absolute atomic E-state index is 13.3. The van der Waals surface area contributed by atoms with Crippen LogP contribution in [0, 0.1) is 0 Å². The van der Waals surface area contributed by atoms with Crippen molar-refractivity contribution < 1.29 is 50.7 Å². The molecule has 1 unspecified atom stereocenters. The molecule has 0 spiro atoms. The van der Waals surface area contributed by atoms with E-state index in [1.165, 1.54) is 13.8 Å². The van der Waals surface area contributed by atoms with Gasteiger partial charge in [-0.25, -0.2) is 9.59 Å². The minimum absolute atomic E-state index is 0.0739. The average molecular weight is 548 g/mol. The van der Waals surface area contributed by atoms with Crippen LogP contribution in [-0.4, -0.2) is 58.6 Å². The maximum Gasteiger partial charge on any atom is 0.416 e. The number of hydrogen-bond donors (Lipinski definition) is 2. The van der Waals surface area contributed by atoms with Gasteiger partial charge in [0.1, 0.15) is 6.54 Å². The van der Waals surface area contributed by atoms with Gasteiger partial charge in [0.15, 0.2) is 6.17 Å². The summed E-state index contributed by atoms with van der Waals surface area (Å²) in [6.07, 6.45) is -10.9. The summed E-state index contributed by atoms with van der Waals surface area (Å²) < 4.78 is 82.2. The van der Waals surface area contributed by atoms with Gasteiger partial charge in [0.25, 0.3) is 0 Å². The highest BCUT2D eigenvalue weighted by Gasteiger charge is 2.56. The molecule has 9 nitrogen and oxygen atoms in total. The summed E-state index contributed by atoms with van der Waals surface area (Å²) in [5, 5.41) is 13.1. The Hall–Kier alpha value is -4.01.